The van der Waals surface area contributed by atoms with Crippen LogP contribution in [0.15, 0.2) is 66.7 Å². The van der Waals surface area contributed by atoms with Gasteiger partial charge in [0, 0.05) is 30.3 Å². The molecule has 0 bridgehead atoms. The van der Waals surface area contributed by atoms with Crippen molar-refractivity contribution in [2.24, 2.45) is 0 Å². The van der Waals surface area contributed by atoms with Crippen LogP contribution in [-0.4, -0.2) is 49.0 Å². The molecule has 0 aliphatic carbocycles. The van der Waals surface area contributed by atoms with Crippen molar-refractivity contribution in [3.05, 3.63) is 89.2 Å². The molecule has 2 aliphatic heterocycles. The van der Waals surface area contributed by atoms with Crippen molar-refractivity contribution >= 4 is 11.1 Å². The Bertz CT molecular complexity index is 1200. The van der Waals surface area contributed by atoms with Gasteiger partial charge in [-0.25, -0.2) is 4.39 Å². The van der Waals surface area contributed by atoms with E-state index in [0.717, 1.165) is 59.9 Å². The summed E-state index contributed by atoms with van der Waals surface area (Å²) in [5.41, 5.74) is 4.60. The van der Waals surface area contributed by atoms with Crippen LogP contribution < -0.4 is 9.47 Å². The molecule has 1 fully saturated rings. The third-order valence-corrected chi connectivity index (χ3v) is 6.78. The van der Waals surface area contributed by atoms with E-state index in [1.165, 1.54) is 12.1 Å². The van der Waals surface area contributed by atoms with E-state index in [1.807, 2.05) is 31.2 Å². The molecule has 0 saturated carbocycles. The molecule has 3 aromatic rings. The molecule has 0 aromatic heterocycles. The number of hydrogen-bond donors (Lipinski definition) is 1. The lowest BCUT2D eigenvalue weighted by atomic mass is 9.86. The Hall–Kier alpha value is -3.35. The number of nitrogens with zero attached hydrogens (tertiary/aromatic N) is 1. The van der Waals surface area contributed by atoms with Crippen molar-refractivity contribution < 1.29 is 23.7 Å². The number of aromatic hydroxyl groups is 1. The Morgan fingerprint density at radius 1 is 1.03 bits per heavy atom. The normalized spacial score (nSPS) is 19.1. The minimum Gasteiger partial charge on any atom is -0.508 e. The first-order chi connectivity index (χ1) is 17.0. The molecule has 6 heteroatoms. The standard InChI is InChI=1S/C29H30FNO4/c1-19(31-13-15-33-16-14-31)18-34-25-10-5-22(6-11-25)29-28(21-3-7-23(30)8-4-21)20(2)26-17-24(32)9-12-27(26)35-29/h3-12,17,19,29,32H,13-16,18H2,1-2H3. The Kier molecular flexibility index (Phi) is 6.75. The summed E-state index contributed by atoms with van der Waals surface area (Å²) >= 11 is 0. The number of morpholine rings is 1. The van der Waals surface area contributed by atoms with E-state index in [1.54, 1.807) is 30.3 Å². The molecule has 1 saturated heterocycles. The molecule has 5 rings (SSSR count). The van der Waals surface area contributed by atoms with E-state index in [4.69, 9.17) is 14.2 Å². The van der Waals surface area contributed by atoms with Crippen LogP contribution in [0.1, 0.15) is 36.6 Å². The molecule has 35 heavy (non-hydrogen) atoms. The average Bonchev–Trinajstić information content (AvgIpc) is 2.89. The van der Waals surface area contributed by atoms with Gasteiger partial charge >= 0.3 is 0 Å². The van der Waals surface area contributed by atoms with Crippen LogP contribution in [0.4, 0.5) is 4.39 Å². The molecular weight excluding hydrogens is 445 g/mol. The third kappa shape index (κ3) is 5.04. The Morgan fingerprint density at radius 2 is 1.74 bits per heavy atom. The number of fused-ring (bicyclic) bond motifs is 1. The fourth-order valence-corrected chi connectivity index (χ4v) is 4.75. The third-order valence-electron chi connectivity index (χ3n) is 6.78. The van der Waals surface area contributed by atoms with E-state index < -0.39 is 0 Å². The van der Waals surface area contributed by atoms with Crippen molar-refractivity contribution in [2.45, 2.75) is 26.0 Å². The van der Waals surface area contributed by atoms with Crippen LogP contribution >= 0.6 is 0 Å². The van der Waals surface area contributed by atoms with Crippen LogP contribution in [0.3, 0.4) is 0 Å². The largest absolute Gasteiger partial charge is 0.508 e. The lowest BCUT2D eigenvalue weighted by Crippen LogP contribution is -2.44. The van der Waals surface area contributed by atoms with Crippen molar-refractivity contribution in [1.29, 1.82) is 0 Å². The van der Waals surface area contributed by atoms with E-state index in [-0.39, 0.29) is 17.7 Å². The van der Waals surface area contributed by atoms with Gasteiger partial charge in [0.1, 0.15) is 35.8 Å². The van der Waals surface area contributed by atoms with Crippen LogP contribution in [0.5, 0.6) is 17.2 Å². The highest BCUT2D eigenvalue weighted by molar-refractivity contribution is 5.95. The second kappa shape index (κ2) is 10.1. The summed E-state index contributed by atoms with van der Waals surface area (Å²) in [6, 6.07) is 19.8. The number of hydrogen-bond acceptors (Lipinski definition) is 5. The second-order valence-electron chi connectivity index (χ2n) is 9.10. The fraction of sp³-hybridized carbons (Fsp3) is 0.310. The van der Waals surface area contributed by atoms with Crippen molar-refractivity contribution in [2.75, 3.05) is 32.9 Å². The fourth-order valence-electron chi connectivity index (χ4n) is 4.75. The van der Waals surface area contributed by atoms with Crippen LogP contribution in [-0.2, 0) is 4.74 Å². The zero-order chi connectivity index (χ0) is 24.4. The second-order valence-corrected chi connectivity index (χ2v) is 9.10. The molecule has 1 N–H and O–H groups in total. The Balaban J connectivity index is 1.40. The number of phenols is 1. The topological polar surface area (TPSA) is 51.2 Å². The first kappa shape index (κ1) is 23.4. The predicted octanol–water partition coefficient (Wildman–Crippen LogP) is 5.70. The quantitative estimate of drug-likeness (QED) is 0.496. The van der Waals surface area contributed by atoms with E-state index in [9.17, 15) is 9.50 Å². The number of rotatable bonds is 6. The average molecular weight is 476 g/mol. The molecule has 0 spiro atoms. The maximum absolute atomic E-state index is 13.7. The molecule has 182 valence electrons. The number of benzene rings is 3. The number of halogens is 1. The molecule has 0 radical (unpaired) electrons. The molecule has 5 nitrogen and oxygen atoms in total. The molecular formula is C29H30FNO4. The van der Waals surface area contributed by atoms with Gasteiger partial charge in [0.15, 0.2) is 0 Å². The highest BCUT2D eigenvalue weighted by Crippen LogP contribution is 2.47. The van der Waals surface area contributed by atoms with Gasteiger partial charge in [-0.15, -0.1) is 0 Å². The highest BCUT2D eigenvalue weighted by atomic mass is 19.1. The summed E-state index contributed by atoms with van der Waals surface area (Å²) in [5, 5.41) is 10.0. The summed E-state index contributed by atoms with van der Waals surface area (Å²) in [4.78, 5) is 2.38. The first-order valence-electron chi connectivity index (χ1n) is 12.0. The molecule has 2 heterocycles. The lowest BCUT2D eigenvalue weighted by molar-refractivity contribution is 0.0105. The zero-order valence-corrected chi connectivity index (χ0v) is 20.0. The van der Waals surface area contributed by atoms with Gasteiger partial charge in [0.05, 0.1) is 13.2 Å². The molecule has 2 unspecified atom stereocenters. The lowest BCUT2D eigenvalue weighted by Gasteiger charge is -2.32. The monoisotopic (exact) mass is 475 g/mol. The van der Waals surface area contributed by atoms with Gasteiger partial charge in [0.2, 0.25) is 0 Å². The highest BCUT2D eigenvalue weighted by Gasteiger charge is 2.29. The number of allylic oxidation sites excluding steroid dienone is 1. The molecule has 0 amide bonds. The van der Waals surface area contributed by atoms with Crippen molar-refractivity contribution in [3.8, 4) is 17.2 Å². The van der Waals surface area contributed by atoms with Crippen LogP contribution in [0.2, 0.25) is 0 Å². The van der Waals surface area contributed by atoms with Crippen LogP contribution in [0, 0.1) is 5.82 Å². The molecule has 2 atom stereocenters. The van der Waals surface area contributed by atoms with Crippen molar-refractivity contribution in [1.82, 2.24) is 4.90 Å². The summed E-state index contributed by atoms with van der Waals surface area (Å²) in [7, 11) is 0. The van der Waals surface area contributed by atoms with Gasteiger partial charge < -0.3 is 19.3 Å². The first-order valence-corrected chi connectivity index (χ1v) is 12.0. The smallest absolute Gasteiger partial charge is 0.150 e. The van der Waals surface area contributed by atoms with Gasteiger partial charge in [0.25, 0.3) is 0 Å². The van der Waals surface area contributed by atoms with Gasteiger partial charge in [-0.05, 0) is 73.0 Å². The SMILES string of the molecule is CC1=C(c2ccc(F)cc2)C(c2ccc(OCC(C)N3CCOCC3)cc2)Oc2ccc(O)cc21. The summed E-state index contributed by atoms with van der Waals surface area (Å²) in [6.07, 6.45) is -0.376. The van der Waals surface area contributed by atoms with E-state index in [2.05, 4.69) is 11.8 Å². The van der Waals surface area contributed by atoms with Gasteiger partial charge in [-0.2, -0.15) is 0 Å². The summed E-state index contributed by atoms with van der Waals surface area (Å²) in [6.45, 7) is 8.19. The molecule has 3 aromatic carbocycles. The van der Waals surface area contributed by atoms with E-state index in [0.29, 0.717) is 18.4 Å². The van der Waals surface area contributed by atoms with Gasteiger partial charge in [-0.3, -0.25) is 4.90 Å². The van der Waals surface area contributed by atoms with E-state index >= 15 is 0 Å². The zero-order valence-electron chi connectivity index (χ0n) is 20.0. The number of ether oxygens (including phenoxy) is 3. The van der Waals surface area contributed by atoms with Gasteiger partial charge in [-0.1, -0.05) is 24.3 Å². The maximum atomic E-state index is 13.7. The minimum atomic E-state index is -0.376. The summed E-state index contributed by atoms with van der Waals surface area (Å²) in [5.74, 6) is 1.40. The predicted molar refractivity (Wildman–Crippen MR) is 134 cm³/mol. The molecule has 2 aliphatic rings. The minimum absolute atomic E-state index is 0.177. The van der Waals surface area contributed by atoms with Crippen LogP contribution in [0.25, 0.3) is 11.1 Å². The maximum Gasteiger partial charge on any atom is 0.150 e. The Labute approximate surface area is 205 Å². The number of phenolic OH excluding ortho intramolecular Hbond substituents is 1. The summed E-state index contributed by atoms with van der Waals surface area (Å²) < 4.78 is 31.6. The van der Waals surface area contributed by atoms with Crippen molar-refractivity contribution in [3.63, 3.8) is 0 Å². The Morgan fingerprint density at radius 3 is 2.46 bits per heavy atom.